The van der Waals surface area contributed by atoms with E-state index in [9.17, 15) is 9.59 Å². The van der Waals surface area contributed by atoms with E-state index in [-0.39, 0.29) is 22.8 Å². The second kappa shape index (κ2) is 16.6. The first kappa shape index (κ1) is 28.9. The number of unbranched alkanes of at least 4 members (excludes halogenated alkanes) is 7. The zero-order valence-corrected chi connectivity index (χ0v) is 20.9. The van der Waals surface area contributed by atoms with E-state index in [1.54, 1.807) is 0 Å². The average Bonchev–Trinajstić information content (AvgIpc) is 2.70. The highest BCUT2D eigenvalue weighted by atomic mass is 16.5. The SMILES string of the molecule is CCCCC(C)(C)COC(=O)CCCCCCCCC(=O)OCC(C)(C)CCCC. The molecule has 0 saturated heterocycles. The molecule has 0 radical (unpaired) electrons. The molecule has 0 fully saturated rings. The summed E-state index contributed by atoms with van der Waals surface area (Å²) in [4.78, 5) is 23.8. The highest BCUT2D eigenvalue weighted by Crippen LogP contribution is 2.24. The molecule has 0 saturated carbocycles. The first-order chi connectivity index (χ1) is 14.1. The van der Waals surface area contributed by atoms with Gasteiger partial charge in [0.1, 0.15) is 0 Å². The van der Waals surface area contributed by atoms with Crippen LogP contribution in [0.2, 0.25) is 0 Å². The molecule has 0 bridgehead atoms. The smallest absolute Gasteiger partial charge is 0.305 e. The third-order valence-corrected chi connectivity index (χ3v) is 5.67. The Kier molecular flexibility index (Phi) is 16.0. The molecule has 0 spiro atoms. The highest BCUT2D eigenvalue weighted by molar-refractivity contribution is 5.69. The molecule has 0 unspecified atom stereocenters. The van der Waals surface area contributed by atoms with Crippen molar-refractivity contribution in [3.05, 3.63) is 0 Å². The quantitative estimate of drug-likeness (QED) is 0.157. The zero-order chi connectivity index (χ0) is 22.9. The molecule has 0 amide bonds. The van der Waals surface area contributed by atoms with Crippen molar-refractivity contribution in [3.8, 4) is 0 Å². The third kappa shape index (κ3) is 17.8. The number of rotatable bonds is 19. The van der Waals surface area contributed by atoms with Gasteiger partial charge in [-0.15, -0.1) is 0 Å². The summed E-state index contributed by atoms with van der Waals surface area (Å²) in [5.41, 5.74) is 0.163. The summed E-state index contributed by atoms with van der Waals surface area (Å²) in [5.74, 6) is -0.131. The summed E-state index contributed by atoms with van der Waals surface area (Å²) in [5, 5.41) is 0. The van der Waals surface area contributed by atoms with Crippen LogP contribution in [-0.4, -0.2) is 25.2 Å². The lowest BCUT2D eigenvalue weighted by molar-refractivity contribution is -0.147. The molecule has 0 aromatic rings. The monoisotopic (exact) mass is 426 g/mol. The Balaban J connectivity index is 3.61. The molecule has 4 heteroatoms. The fraction of sp³-hybridized carbons (Fsp3) is 0.923. The van der Waals surface area contributed by atoms with Gasteiger partial charge in [-0.25, -0.2) is 0 Å². The third-order valence-electron chi connectivity index (χ3n) is 5.67. The topological polar surface area (TPSA) is 52.6 Å². The number of esters is 2. The van der Waals surface area contributed by atoms with E-state index in [0.29, 0.717) is 26.1 Å². The average molecular weight is 427 g/mol. The second-order valence-electron chi connectivity index (χ2n) is 10.5. The van der Waals surface area contributed by atoms with Crippen molar-refractivity contribution in [2.75, 3.05) is 13.2 Å². The van der Waals surface area contributed by atoms with Crippen molar-refractivity contribution in [1.82, 2.24) is 0 Å². The Labute approximate surface area is 186 Å². The number of ether oxygens (including phenoxy) is 2. The first-order valence-corrected chi connectivity index (χ1v) is 12.4. The minimum Gasteiger partial charge on any atom is -0.465 e. The predicted molar refractivity (Wildman–Crippen MR) is 125 cm³/mol. The van der Waals surface area contributed by atoms with Crippen LogP contribution in [0.5, 0.6) is 0 Å². The standard InChI is InChI=1S/C26H50O4/c1-7-9-19-25(3,4)21-29-23(27)17-15-13-11-12-14-16-18-24(28)30-22-26(5,6)20-10-8-2/h7-22H2,1-6H3. The maximum atomic E-state index is 11.9. The van der Waals surface area contributed by atoms with Crippen LogP contribution in [0.4, 0.5) is 0 Å². The molecule has 0 aromatic heterocycles. The molecular weight excluding hydrogens is 376 g/mol. The van der Waals surface area contributed by atoms with Gasteiger partial charge in [0.25, 0.3) is 0 Å². The summed E-state index contributed by atoms with van der Waals surface area (Å²) < 4.78 is 10.9. The number of hydrogen-bond acceptors (Lipinski definition) is 4. The van der Waals surface area contributed by atoms with Crippen molar-refractivity contribution >= 4 is 11.9 Å². The number of carbonyl (C=O) groups excluding carboxylic acids is 2. The predicted octanol–water partition coefficient (Wildman–Crippen LogP) is 7.63. The van der Waals surface area contributed by atoms with Crippen molar-refractivity contribution in [2.24, 2.45) is 10.8 Å². The van der Waals surface area contributed by atoms with Gasteiger partial charge in [-0.2, -0.15) is 0 Å². The lowest BCUT2D eigenvalue weighted by Crippen LogP contribution is -2.21. The molecule has 0 aliphatic rings. The van der Waals surface area contributed by atoms with Crippen LogP contribution in [0.1, 0.15) is 131 Å². The Bertz CT molecular complexity index is 412. The fourth-order valence-electron chi connectivity index (χ4n) is 3.40. The van der Waals surface area contributed by atoms with E-state index >= 15 is 0 Å². The summed E-state index contributed by atoms with van der Waals surface area (Å²) >= 11 is 0. The highest BCUT2D eigenvalue weighted by Gasteiger charge is 2.20. The maximum absolute atomic E-state index is 11.9. The summed E-state index contributed by atoms with van der Waals surface area (Å²) in [7, 11) is 0. The largest absolute Gasteiger partial charge is 0.465 e. The van der Waals surface area contributed by atoms with E-state index in [1.807, 2.05) is 0 Å². The Morgan fingerprint density at radius 1 is 0.567 bits per heavy atom. The molecule has 30 heavy (non-hydrogen) atoms. The fourth-order valence-corrected chi connectivity index (χ4v) is 3.40. The van der Waals surface area contributed by atoms with Gasteiger partial charge in [-0.1, -0.05) is 92.9 Å². The molecule has 0 aliphatic carbocycles. The van der Waals surface area contributed by atoms with Crippen LogP contribution in [0.25, 0.3) is 0 Å². The van der Waals surface area contributed by atoms with E-state index in [1.165, 1.54) is 25.7 Å². The van der Waals surface area contributed by atoms with E-state index in [0.717, 1.165) is 51.4 Å². The van der Waals surface area contributed by atoms with Crippen molar-refractivity contribution < 1.29 is 19.1 Å². The molecule has 0 aliphatic heterocycles. The van der Waals surface area contributed by atoms with Crippen LogP contribution < -0.4 is 0 Å². The maximum Gasteiger partial charge on any atom is 0.305 e. The minimum atomic E-state index is -0.0656. The molecular formula is C26H50O4. The molecule has 0 aromatic carbocycles. The van der Waals surface area contributed by atoms with Gasteiger partial charge in [0.2, 0.25) is 0 Å². The van der Waals surface area contributed by atoms with Crippen molar-refractivity contribution in [1.29, 1.82) is 0 Å². The van der Waals surface area contributed by atoms with Crippen molar-refractivity contribution in [3.63, 3.8) is 0 Å². The summed E-state index contributed by atoms with van der Waals surface area (Å²) in [6, 6.07) is 0. The minimum absolute atomic E-state index is 0.0656. The second-order valence-corrected chi connectivity index (χ2v) is 10.5. The molecule has 4 nitrogen and oxygen atoms in total. The Morgan fingerprint density at radius 2 is 0.900 bits per heavy atom. The van der Waals surface area contributed by atoms with Gasteiger partial charge in [0.05, 0.1) is 13.2 Å². The van der Waals surface area contributed by atoms with Gasteiger partial charge in [0, 0.05) is 12.8 Å². The van der Waals surface area contributed by atoms with Gasteiger partial charge in [0.15, 0.2) is 0 Å². The van der Waals surface area contributed by atoms with Crippen LogP contribution in [-0.2, 0) is 19.1 Å². The summed E-state index contributed by atoms with van der Waals surface area (Å²) in [6.07, 6.45) is 14.0. The first-order valence-electron chi connectivity index (χ1n) is 12.4. The van der Waals surface area contributed by atoms with Crippen LogP contribution in [0.15, 0.2) is 0 Å². The molecule has 0 N–H and O–H groups in total. The molecule has 0 atom stereocenters. The van der Waals surface area contributed by atoms with Crippen LogP contribution >= 0.6 is 0 Å². The van der Waals surface area contributed by atoms with Crippen LogP contribution in [0.3, 0.4) is 0 Å². The number of hydrogen-bond donors (Lipinski definition) is 0. The number of carbonyl (C=O) groups is 2. The molecule has 0 rings (SSSR count). The Hall–Kier alpha value is -1.06. The van der Waals surface area contributed by atoms with Gasteiger partial charge in [-0.05, 0) is 36.5 Å². The zero-order valence-electron chi connectivity index (χ0n) is 20.9. The normalized spacial score (nSPS) is 12.1. The van der Waals surface area contributed by atoms with Gasteiger partial charge >= 0.3 is 11.9 Å². The van der Waals surface area contributed by atoms with Crippen LogP contribution in [0, 0.1) is 10.8 Å². The molecule has 178 valence electrons. The van der Waals surface area contributed by atoms with E-state index < -0.39 is 0 Å². The van der Waals surface area contributed by atoms with E-state index in [4.69, 9.17) is 9.47 Å². The summed E-state index contributed by atoms with van der Waals surface area (Å²) in [6.45, 7) is 14.1. The van der Waals surface area contributed by atoms with Crippen molar-refractivity contribution in [2.45, 2.75) is 131 Å². The van der Waals surface area contributed by atoms with Gasteiger partial charge in [-0.3, -0.25) is 9.59 Å². The van der Waals surface area contributed by atoms with Gasteiger partial charge < -0.3 is 9.47 Å². The Morgan fingerprint density at radius 3 is 1.23 bits per heavy atom. The molecule has 0 heterocycles. The van der Waals surface area contributed by atoms with E-state index in [2.05, 4.69) is 41.5 Å². The lowest BCUT2D eigenvalue weighted by Gasteiger charge is -2.23. The lowest BCUT2D eigenvalue weighted by atomic mass is 9.88.